The van der Waals surface area contributed by atoms with E-state index in [1.54, 1.807) is 0 Å². The van der Waals surface area contributed by atoms with Crippen LogP contribution >= 0.6 is 0 Å². The predicted molar refractivity (Wildman–Crippen MR) is 70.3 cm³/mol. The van der Waals surface area contributed by atoms with E-state index < -0.39 is 0 Å². The van der Waals surface area contributed by atoms with Crippen LogP contribution in [0.15, 0.2) is 0 Å². The van der Waals surface area contributed by atoms with Gasteiger partial charge in [0.25, 0.3) is 0 Å². The lowest BCUT2D eigenvalue weighted by atomic mass is 9.72. The van der Waals surface area contributed by atoms with E-state index in [1.165, 1.54) is 32.1 Å². The Morgan fingerprint density at radius 2 is 1.65 bits per heavy atom. The van der Waals surface area contributed by atoms with Gasteiger partial charge < -0.3 is 4.74 Å². The molecule has 2 atom stereocenters. The molecule has 0 radical (unpaired) electrons. The van der Waals surface area contributed by atoms with Gasteiger partial charge >= 0.3 is 0 Å². The fraction of sp³-hybridized carbons (Fsp3) is 1.00. The monoisotopic (exact) mass is 240 g/mol. The van der Waals surface area contributed by atoms with E-state index in [1.807, 2.05) is 0 Å². The Hall–Kier alpha value is -0.120. The molecule has 0 aromatic heterocycles. The summed E-state index contributed by atoms with van der Waals surface area (Å²) in [4.78, 5) is 0. The van der Waals surface area contributed by atoms with Crippen LogP contribution in [-0.4, -0.2) is 19.3 Å². The molecule has 100 valence electrons. The molecule has 3 heteroatoms. The van der Waals surface area contributed by atoms with Crippen LogP contribution in [0.1, 0.15) is 46.0 Å². The van der Waals surface area contributed by atoms with Crippen molar-refractivity contribution in [2.75, 3.05) is 13.2 Å². The Bertz CT molecular complexity index is 218. The van der Waals surface area contributed by atoms with Gasteiger partial charge in [-0.2, -0.15) is 0 Å². The molecule has 1 aliphatic carbocycles. The zero-order valence-electron chi connectivity index (χ0n) is 11.3. The topological polar surface area (TPSA) is 47.3 Å². The third-order valence-electron chi connectivity index (χ3n) is 4.93. The van der Waals surface area contributed by atoms with E-state index in [0.29, 0.717) is 12.0 Å². The molecule has 1 aliphatic heterocycles. The highest BCUT2D eigenvalue weighted by Crippen LogP contribution is 2.37. The smallest absolute Gasteiger partial charge is 0.0510 e. The first kappa shape index (κ1) is 13.3. The van der Waals surface area contributed by atoms with Crippen LogP contribution in [0.2, 0.25) is 0 Å². The molecular weight excluding hydrogens is 212 g/mol. The van der Waals surface area contributed by atoms with E-state index in [9.17, 15) is 0 Å². The second kappa shape index (κ2) is 6.17. The Morgan fingerprint density at radius 3 is 2.12 bits per heavy atom. The lowest BCUT2D eigenvalue weighted by Crippen LogP contribution is -2.47. The molecule has 2 aliphatic rings. The highest BCUT2D eigenvalue weighted by atomic mass is 16.5. The van der Waals surface area contributed by atoms with Crippen LogP contribution < -0.4 is 11.3 Å². The number of hydrogen-bond acceptors (Lipinski definition) is 3. The molecule has 2 rings (SSSR count). The molecule has 3 N–H and O–H groups in total. The summed E-state index contributed by atoms with van der Waals surface area (Å²) >= 11 is 0. The van der Waals surface area contributed by atoms with Gasteiger partial charge in [-0.05, 0) is 49.9 Å². The van der Waals surface area contributed by atoms with Gasteiger partial charge in [-0.25, -0.2) is 0 Å². The van der Waals surface area contributed by atoms with Crippen LogP contribution in [0.5, 0.6) is 0 Å². The van der Waals surface area contributed by atoms with Crippen molar-refractivity contribution in [1.82, 2.24) is 5.43 Å². The van der Waals surface area contributed by atoms with Crippen LogP contribution in [0.4, 0.5) is 0 Å². The summed E-state index contributed by atoms with van der Waals surface area (Å²) in [6.45, 7) is 6.53. The molecular formula is C14H28N2O. The second-order valence-corrected chi connectivity index (χ2v) is 6.23. The summed E-state index contributed by atoms with van der Waals surface area (Å²) in [5.74, 6) is 8.95. The number of ether oxygens (including phenoxy) is 1. The molecule has 0 aromatic rings. The molecule has 3 nitrogen and oxygen atoms in total. The molecule has 2 unspecified atom stereocenters. The predicted octanol–water partition coefficient (Wildman–Crippen LogP) is 2.32. The highest BCUT2D eigenvalue weighted by Gasteiger charge is 2.34. The molecule has 0 amide bonds. The number of hydrogen-bond donors (Lipinski definition) is 2. The second-order valence-electron chi connectivity index (χ2n) is 6.23. The third-order valence-corrected chi connectivity index (χ3v) is 4.93. The number of nitrogens with two attached hydrogens (primary N) is 1. The molecule has 0 aromatic carbocycles. The third kappa shape index (κ3) is 3.21. The molecule has 17 heavy (non-hydrogen) atoms. The minimum absolute atomic E-state index is 0.477. The summed E-state index contributed by atoms with van der Waals surface area (Å²) in [6.07, 6.45) is 6.63. The minimum Gasteiger partial charge on any atom is -0.381 e. The van der Waals surface area contributed by atoms with Crippen molar-refractivity contribution in [3.8, 4) is 0 Å². The maximum atomic E-state index is 5.77. The molecule has 1 heterocycles. The zero-order chi connectivity index (χ0) is 12.3. The maximum Gasteiger partial charge on any atom is 0.0510 e. The summed E-state index contributed by atoms with van der Waals surface area (Å²) in [6, 6.07) is 0.477. The van der Waals surface area contributed by atoms with E-state index >= 15 is 0 Å². The average Bonchev–Trinajstić information content (AvgIpc) is 2.84. The number of nitrogens with one attached hydrogen (secondary N) is 1. The first-order chi connectivity index (χ1) is 8.22. The van der Waals surface area contributed by atoms with Gasteiger partial charge in [0.05, 0.1) is 6.61 Å². The Balaban J connectivity index is 1.85. The summed E-state index contributed by atoms with van der Waals surface area (Å²) < 4.78 is 5.49. The SMILES string of the molecule is CC(C)C1CCC(C(NN)C2CCOC2)CC1. The quantitative estimate of drug-likeness (QED) is 0.585. The first-order valence-electron chi connectivity index (χ1n) is 7.26. The molecule has 1 saturated carbocycles. The van der Waals surface area contributed by atoms with Gasteiger partial charge in [0.15, 0.2) is 0 Å². The van der Waals surface area contributed by atoms with Gasteiger partial charge in [0, 0.05) is 18.6 Å². The van der Waals surface area contributed by atoms with Crippen molar-refractivity contribution in [2.24, 2.45) is 29.5 Å². The van der Waals surface area contributed by atoms with Gasteiger partial charge in [0.2, 0.25) is 0 Å². The Kier molecular flexibility index (Phi) is 4.83. The first-order valence-corrected chi connectivity index (χ1v) is 7.26. The van der Waals surface area contributed by atoms with Gasteiger partial charge in [-0.1, -0.05) is 13.8 Å². The fourth-order valence-corrected chi connectivity index (χ4v) is 3.66. The van der Waals surface area contributed by atoms with E-state index in [2.05, 4.69) is 19.3 Å². The molecule has 1 saturated heterocycles. The summed E-state index contributed by atoms with van der Waals surface area (Å²) in [5, 5.41) is 0. The normalized spacial score (nSPS) is 36.4. The van der Waals surface area contributed by atoms with Gasteiger partial charge in [-0.15, -0.1) is 0 Å². The maximum absolute atomic E-state index is 5.77. The lowest BCUT2D eigenvalue weighted by molar-refractivity contribution is 0.135. The van der Waals surface area contributed by atoms with Crippen LogP contribution in [-0.2, 0) is 4.74 Å². The van der Waals surface area contributed by atoms with Crippen LogP contribution in [0.3, 0.4) is 0 Å². The van der Waals surface area contributed by atoms with Crippen molar-refractivity contribution in [3.05, 3.63) is 0 Å². The largest absolute Gasteiger partial charge is 0.381 e. The van der Waals surface area contributed by atoms with E-state index in [0.717, 1.165) is 31.0 Å². The fourth-order valence-electron chi connectivity index (χ4n) is 3.66. The van der Waals surface area contributed by atoms with Crippen LogP contribution in [0.25, 0.3) is 0 Å². The summed E-state index contributed by atoms with van der Waals surface area (Å²) in [5.41, 5.74) is 3.08. The number of rotatable bonds is 4. The Morgan fingerprint density at radius 1 is 1.00 bits per heavy atom. The standard InChI is InChI=1S/C14H28N2O/c1-10(2)11-3-5-12(6-4-11)14(16-15)13-7-8-17-9-13/h10-14,16H,3-9,15H2,1-2H3. The van der Waals surface area contributed by atoms with Crippen molar-refractivity contribution >= 4 is 0 Å². The minimum atomic E-state index is 0.477. The number of hydrazine groups is 1. The molecule has 0 bridgehead atoms. The zero-order valence-corrected chi connectivity index (χ0v) is 11.3. The molecule has 0 spiro atoms. The van der Waals surface area contributed by atoms with Gasteiger partial charge in [-0.3, -0.25) is 11.3 Å². The summed E-state index contributed by atoms with van der Waals surface area (Å²) in [7, 11) is 0. The lowest BCUT2D eigenvalue weighted by Gasteiger charge is -2.37. The average molecular weight is 240 g/mol. The highest BCUT2D eigenvalue weighted by molar-refractivity contribution is 4.87. The van der Waals surface area contributed by atoms with Gasteiger partial charge in [0.1, 0.15) is 0 Å². The van der Waals surface area contributed by atoms with Crippen molar-refractivity contribution in [1.29, 1.82) is 0 Å². The van der Waals surface area contributed by atoms with E-state index in [4.69, 9.17) is 10.6 Å². The van der Waals surface area contributed by atoms with Crippen molar-refractivity contribution in [2.45, 2.75) is 52.0 Å². The van der Waals surface area contributed by atoms with E-state index in [-0.39, 0.29) is 0 Å². The van der Waals surface area contributed by atoms with Crippen molar-refractivity contribution in [3.63, 3.8) is 0 Å². The van der Waals surface area contributed by atoms with Crippen LogP contribution in [0, 0.1) is 23.7 Å². The Labute approximate surface area is 105 Å². The molecule has 2 fully saturated rings. The van der Waals surface area contributed by atoms with Crippen molar-refractivity contribution < 1.29 is 4.74 Å².